The Morgan fingerprint density at radius 2 is 2.12 bits per heavy atom. The van der Waals surface area contributed by atoms with E-state index in [1.165, 1.54) is 0 Å². The number of carbonyl (C=O) groups excluding carboxylic acids is 1. The van der Waals surface area contributed by atoms with Crippen LogP contribution < -0.4 is 0 Å². The summed E-state index contributed by atoms with van der Waals surface area (Å²) in [7, 11) is 0. The maximum atomic E-state index is 11.9. The van der Waals surface area contributed by atoms with Crippen molar-refractivity contribution in [2.24, 2.45) is 11.3 Å². The van der Waals surface area contributed by atoms with Gasteiger partial charge in [-0.05, 0) is 71.2 Å². The molecule has 4 nitrogen and oxygen atoms in total. The topological polar surface area (TPSA) is 55.8 Å². The minimum Gasteiger partial charge on any atom is -0.466 e. The van der Waals surface area contributed by atoms with Crippen LogP contribution in [0.3, 0.4) is 0 Å². The zero-order chi connectivity index (χ0) is 19.6. The molecule has 0 aliphatic rings. The lowest BCUT2D eigenvalue weighted by molar-refractivity contribution is -0.147. The van der Waals surface area contributed by atoms with Crippen molar-refractivity contribution in [2.45, 2.75) is 59.5 Å². The number of aliphatic hydroxyl groups excluding tert-OH is 1. The Morgan fingerprint density at radius 3 is 2.73 bits per heavy atom. The van der Waals surface area contributed by atoms with Gasteiger partial charge >= 0.3 is 5.97 Å². The van der Waals surface area contributed by atoms with Crippen molar-refractivity contribution in [3.05, 3.63) is 35.4 Å². The molecule has 1 aromatic carbocycles. The van der Waals surface area contributed by atoms with Crippen LogP contribution in [-0.2, 0) is 20.5 Å². The van der Waals surface area contributed by atoms with Crippen LogP contribution >= 0.6 is 28.5 Å². The second-order valence-corrected chi connectivity index (χ2v) is 9.21. The minimum absolute atomic E-state index is 0.0475. The van der Waals surface area contributed by atoms with Gasteiger partial charge in [0.15, 0.2) is 0 Å². The standard InChI is InChI=1S/C20H32IO4P/c1-5-24-19(23)15(2)12-16-8-6-9-17(13-16)18(25-26-21)10-7-11-20(3,4)14-22/h6,8-9,13,15,18,22,26H,5,7,10-12,14H2,1-4H3. The third-order valence-corrected chi connectivity index (χ3v) is 5.62. The summed E-state index contributed by atoms with van der Waals surface area (Å²) in [6, 6.07) is 8.33. The largest absolute Gasteiger partial charge is 0.466 e. The number of rotatable bonds is 12. The Labute approximate surface area is 172 Å². The van der Waals surface area contributed by atoms with Gasteiger partial charge in [0.05, 0.1) is 25.1 Å². The van der Waals surface area contributed by atoms with E-state index in [9.17, 15) is 9.90 Å². The third kappa shape index (κ3) is 8.64. The molecular weight excluding hydrogens is 462 g/mol. The van der Waals surface area contributed by atoms with Crippen LogP contribution in [0.4, 0.5) is 0 Å². The summed E-state index contributed by atoms with van der Waals surface area (Å²) < 4.78 is 11.1. The minimum atomic E-state index is -0.152. The smallest absolute Gasteiger partial charge is 0.308 e. The molecule has 26 heavy (non-hydrogen) atoms. The van der Waals surface area contributed by atoms with E-state index in [2.05, 4.69) is 54.1 Å². The maximum absolute atomic E-state index is 11.9. The number of halogens is 1. The molecule has 0 aromatic heterocycles. The molecular formula is C20H32IO4P. The van der Waals surface area contributed by atoms with Crippen molar-refractivity contribution in [2.75, 3.05) is 13.2 Å². The lowest BCUT2D eigenvalue weighted by Crippen LogP contribution is -2.17. The fraction of sp³-hybridized carbons (Fsp3) is 0.650. The summed E-state index contributed by atoms with van der Waals surface area (Å²) in [4.78, 5) is 11.9. The summed E-state index contributed by atoms with van der Waals surface area (Å²) in [6.45, 7) is 8.92. The average molecular weight is 494 g/mol. The number of hydrogen-bond acceptors (Lipinski definition) is 4. The lowest BCUT2D eigenvalue weighted by atomic mass is 9.87. The summed E-state index contributed by atoms with van der Waals surface area (Å²) >= 11 is 2.26. The normalized spacial score (nSPS) is 14.5. The lowest BCUT2D eigenvalue weighted by Gasteiger charge is -2.23. The van der Waals surface area contributed by atoms with E-state index in [0.29, 0.717) is 19.5 Å². The molecule has 0 radical (unpaired) electrons. The number of ether oxygens (including phenoxy) is 1. The van der Waals surface area contributed by atoms with E-state index >= 15 is 0 Å². The molecule has 0 aliphatic carbocycles. The molecule has 0 aliphatic heterocycles. The predicted octanol–water partition coefficient (Wildman–Crippen LogP) is 5.62. The van der Waals surface area contributed by atoms with Crippen molar-refractivity contribution >= 4 is 34.5 Å². The van der Waals surface area contributed by atoms with Gasteiger partial charge in [0, 0.05) is 6.61 Å². The maximum Gasteiger partial charge on any atom is 0.308 e. The predicted molar refractivity (Wildman–Crippen MR) is 117 cm³/mol. The van der Waals surface area contributed by atoms with Crippen LogP contribution in [0.2, 0.25) is 0 Å². The molecule has 1 aromatic rings. The summed E-state index contributed by atoms with van der Waals surface area (Å²) in [5, 5.41) is 9.41. The number of esters is 1. The second-order valence-electron chi connectivity index (χ2n) is 7.50. The zero-order valence-electron chi connectivity index (χ0n) is 16.3. The van der Waals surface area contributed by atoms with Crippen molar-refractivity contribution in [1.29, 1.82) is 0 Å². The molecule has 0 bridgehead atoms. The van der Waals surface area contributed by atoms with E-state index in [1.54, 1.807) is 0 Å². The molecule has 0 spiro atoms. The Kier molecular flexibility index (Phi) is 11.2. The van der Waals surface area contributed by atoms with Gasteiger partial charge in [-0.3, -0.25) is 4.79 Å². The molecule has 0 fully saturated rings. The summed E-state index contributed by atoms with van der Waals surface area (Å²) in [6.07, 6.45) is 3.62. The molecule has 1 rings (SSSR count). The SMILES string of the molecule is CCOC(=O)C(C)Cc1cccc(C(CCCC(C)(C)CO)OPI)c1. The first-order valence-corrected chi connectivity index (χ1v) is 13.2. The van der Waals surface area contributed by atoms with Crippen molar-refractivity contribution in [1.82, 2.24) is 0 Å². The molecule has 3 unspecified atom stereocenters. The Morgan fingerprint density at radius 1 is 1.38 bits per heavy atom. The number of benzene rings is 1. The van der Waals surface area contributed by atoms with Crippen LogP contribution in [-0.4, -0.2) is 24.3 Å². The van der Waals surface area contributed by atoms with E-state index in [0.717, 1.165) is 30.4 Å². The fourth-order valence-corrected chi connectivity index (χ4v) is 4.12. The van der Waals surface area contributed by atoms with Crippen LogP contribution in [0.5, 0.6) is 0 Å². The van der Waals surface area contributed by atoms with E-state index in [4.69, 9.17) is 9.26 Å². The van der Waals surface area contributed by atoms with Gasteiger partial charge in [0.1, 0.15) is 0 Å². The highest BCUT2D eigenvalue weighted by Gasteiger charge is 2.19. The van der Waals surface area contributed by atoms with Gasteiger partial charge in [-0.2, -0.15) is 0 Å². The van der Waals surface area contributed by atoms with Crippen molar-refractivity contribution < 1.29 is 19.2 Å². The highest BCUT2D eigenvalue weighted by atomic mass is 127. The monoisotopic (exact) mass is 494 g/mol. The molecule has 0 amide bonds. The average Bonchev–Trinajstić information content (AvgIpc) is 2.61. The molecule has 0 saturated heterocycles. The molecule has 148 valence electrons. The highest BCUT2D eigenvalue weighted by Crippen LogP contribution is 2.36. The number of hydrogen-bond donors (Lipinski definition) is 1. The van der Waals surface area contributed by atoms with Crippen LogP contribution in [0, 0.1) is 11.3 Å². The Hall–Kier alpha value is -0.230. The first-order chi connectivity index (χ1) is 12.3. The van der Waals surface area contributed by atoms with E-state index in [1.807, 2.05) is 19.9 Å². The van der Waals surface area contributed by atoms with E-state index in [-0.39, 0.29) is 30.0 Å². The van der Waals surface area contributed by atoms with Gasteiger partial charge in [-0.25, -0.2) is 0 Å². The quantitative estimate of drug-likeness (QED) is 0.233. The molecule has 0 heterocycles. The number of aliphatic hydroxyl groups is 1. The molecule has 3 atom stereocenters. The summed E-state index contributed by atoms with van der Waals surface area (Å²) in [5.74, 6) is -0.299. The number of carbonyl (C=O) groups is 1. The Bertz CT molecular complexity index is 550. The second kappa shape index (κ2) is 12.3. The highest BCUT2D eigenvalue weighted by molar-refractivity contribution is 14.2. The fourth-order valence-electron chi connectivity index (χ4n) is 2.83. The van der Waals surface area contributed by atoms with Gasteiger partial charge in [0.25, 0.3) is 0 Å². The zero-order valence-corrected chi connectivity index (χ0v) is 19.4. The van der Waals surface area contributed by atoms with Gasteiger partial charge < -0.3 is 14.4 Å². The molecule has 6 heteroatoms. The van der Waals surface area contributed by atoms with Crippen LogP contribution in [0.15, 0.2) is 24.3 Å². The van der Waals surface area contributed by atoms with Crippen LogP contribution in [0.1, 0.15) is 64.2 Å². The molecule has 1 N–H and O–H groups in total. The van der Waals surface area contributed by atoms with Gasteiger partial charge in [-0.1, -0.05) is 45.0 Å². The van der Waals surface area contributed by atoms with E-state index < -0.39 is 0 Å². The van der Waals surface area contributed by atoms with Crippen molar-refractivity contribution in [3.63, 3.8) is 0 Å². The van der Waals surface area contributed by atoms with Crippen LogP contribution in [0.25, 0.3) is 0 Å². The molecule has 0 saturated carbocycles. The third-order valence-electron chi connectivity index (χ3n) is 4.49. The van der Waals surface area contributed by atoms with Crippen molar-refractivity contribution in [3.8, 4) is 0 Å². The van der Waals surface area contributed by atoms with Gasteiger partial charge in [-0.15, -0.1) is 0 Å². The van der Waals surface area contributed by atoms with Gasteiger partial charge in [0.2, 0.25) is 0 Å². The first-order valence-electron chi connectivity index (χ1n) is 9.20. The summed E-state index contributed by atoms with van der Waals surface area (Å²) in [5.41, 5.74) is 2.24. The first kappa shape index (κ1) is 23.8. The Balaban J connectivity index is 2.75.